The minimum Gasteiger partial charge on any atom is -0.315 e. The molecular formula is C16H30N2. The lowest BCUT2D eigenvalue weighted by molar-refractivity contribution is 0.144. The molecule has 2 saturated carbocycles. The van der Waals surface area contributed by atoms with Crippen LogP contribution in [-0.4, -0.2) is 25.2 Å². The Morgan fingerprint density at radius 3 is 2.67 bits per heavy atom. The van der Waals surface area contributed by atoms with Crippen molar-refractivity contribution in [3.63, 3.8) is 0 Å². The zero-order valence-corrected chi connectivity index (χ0v) is 12.0. The molecule has 18 heavy (non-hydrogen) atoms. The van der Waals surface area contributed by atoms with Crippen LogP contribution in [-0.2, 0) is 0 Å². The minimum absolute atomic E-state index is 0.627. The highest BCUT2D eigenvalue weighted by Crippen LogP contribution is 2.39. The van der Waals surface area contributed by atoms with Crippen LogP contribution in [0.25, 0.3) is 0 Å². The lowest BCUT2D eigenvalue weighted by atomic mass is 9.70. The first kappa shape index (κ1) is 12.9. The Bertz CT molecular complexity index is 272. The molecule has 2 nitrogen and oxygen atoms in total. The molecule has 0 aromatic rings. The first-order valence-corrected chi connectivity index (χ1v) is 8.22. The summed E-state index contributed by atoms with van der Waals surface area (Å²) < 4.78 is 0. The Kier molecular flexibility index (Phi) is 3.95. The molecule has 0 spiro atoms. The zero-order chi connectivity index (χ0) is 12.4. The molecule has 2 N–H and O–H groups in total. The average molecular weight is 250 g/mol. The standard InChI is InChI=1S/C16H30N2/c1-16(9-4-10-16)12-17-11-14-8-7-13-5-2-3-6-15(13)18-14/h13-15,17-18H,2-12H2,1H3. The summed E-state index contributed by atoms with van der Waals surface area (Å²) in [6.45, 7) is 4.87. The van der Waals surface area contributed by atoms with E-state index in [1.54, 1.807) is 0 Å². The molecule has 3 aliphatic rings. The molecule has 2 heteroatoms. The SMILES string of the molecule is CC1(CNCC2CCC3CCCCC3N2)CCC1. The van der Waals surface area contributed by atoms with Gasteiger partial charge in [0.2, 0.25) is 0 Å². The Morgan fingerprint density at radius 2 is 1.89 bits per heavy atom. The van der Waals surface area contributed by atoms with Crippen molar-refractivity contribution in [2.45, 2.75) is 76.8 Å². The molecule has 3 unspecified atom stereocenters. The second kappa shape index (κ2) is 5.50. The number of fused-ring (bicyclic) bond motifs is 1. The van der Waals surface area contributed by atoms with Gasteiger partial charge in [0.15, 0.2) is 0 Å². The van der Waals surface area contributed by atoms with Gasteiger partial charge in [-0.25, -0.2) is 0 Å². The van der Waals surface area contributed by atoms with Crippen LogP contribution in [0.3, 0.4) is 0 Å². The zero-order valence-electron chi connectivity index (χ0n) is 12.0. The van der Waals surface area contributed by atoms with Crippen molar-refractivity contribution in [3.8, 4) is 0 Å². The second-order valence-corrected chi connectivity index (χ2v) is 7.39. The lowest BCUT2D eigenvalue weighted by Gasteiger charge is -2.42. The molecule has 3 rings (SSSR count). The van der Waals surface area contributed by atoms with Gasteiger partial charge in [-0.1, -0.05) is 26.2 Å². The van der Waals surface area contributed by atoms with E-state index in [4.69, 9.17) is 0 Å². The van der Waals surface area contributed by atoms with Crippen molar-refractivity contribution < 1.29 is 0 Å². The van der Waals surface area contributed by atoms with Crippen molar-refractivity contribution in [3.05, 3.63) is 0 Å². The van der Waals surface area contributed by atoms with Crippen LogP contribution in [0, 0.1) is 11.3 Å². The molecule has 104 valence electrons. The van der Waals surface area contributed by atoms with Gasteiger partial charge < -0.3 is 10.6 Å². The number of hydrogen-bond acceptors (Lipinski definition) is 2. The molecule has 3 fully saturated rings. The van der Waals surface area contributed by atoms with E-state index >= 15 is 0 Å². The fraction of sp³-hybridized carbons (Fsp3) is 1.00. The Labute approximate surface area is 112 Å². The van der Waals surface area contributed by atoms with Gasteiger partial charge in [-0.2, -0.15) is 0 Å². The second-order valence-electron chi connectivity index (χ2n) is 7.39. The third-order valence-corrected chi connectivity index (χ3v) is 5.75. The highest BCUT2D eigenvalue weighted by atomic mass is 15.0. The summed E-state index contributed by atoms with van der Waals surface area (Å²) in [5.41, 5.74) is 0.627. The Balaban J connectivity index is 1.38. The number of rotatable bonds is 4. The van der Waals surface area contributed by atoms with Gasteiger partial charge in [0.05, 0.1) is 0 Å². The van der Waals surface area contributed by atoms with E-state index in [2.05, 4.69) is 17.6 Å². The first-order valence-electron chi connectivity index (χ1n) is 8.22. The van der Waals surface area contributed by atoms with E-state index in [1.165, 1.54) is 70.9 Å². The maximum Gasteiger partial charge on any atom is 0.0195 e. The maximum atomic E-state index is 3.92. The van der Waals surface area contributed by atoms with Gasteiger partial charge in [-0.3, -0.25) is 0 Å². The number of hydrogen-bond donors (Lipinski definition) is 2. The Morgan fingerprint density at radius 1 is 1.06 bits per heavy atom. The van der Waals surface area contributed by atoms with E-state index in [1.807, 2.05) is 0 Å². The smallest absolute Gasteiger partial charge is 0.0195 e. The molecule has 3 atom stereocenters. The molecular weight excluding hydrogens is 220 g/mol. The maximum absolute atomic E-state index is 3.92. The van der Waals surface area contributed by atoms with Crippen molar-refractivity contribution >= 4 is 0 Å². The van der Waals surface area contributed by atoms with Crippen LogP contribution in [0.5, 0.6) is 0 Å². The summed E-state index contributed by atoms with van der Waals surface area (Å²) in [6, 6.07) is 1.59. The van der Waals surface area contributed by atoms with E-state index in [9.17, 15) is 0 Å². The van der Waals surface area contributed by atoms with Crippen LogP contribution < -0.4 is 10.6 Å². The van der Waals surface area contributed by atoms with Gasteiger partial charge >= 0.3 is 0 Å². The normalized spacial score (nSPS) is 38.8. The lowest BCUT2D eigenvalue weighted by Crippen LogP contribution is -2.53. The van der Waals surface area contributed by atoms with Crippen LogP contribution in [0.4, 0.5) is 0 Å². The van der Waals surface area contributed by atoms with Crippen LogP contribution in [0.2, 0.25) is 0 Å². The summed E-state index contributed by atoms with van der Waals surface area (Å²) in [7, 11) is 0. The largest absolute Gasteiger partial charge is 0.315 e. The highest BCUT2D eigenvalue weighted by Gasteiger charge is 2.33. The van der Waals surface area contributed by atoms with E-state index in [0.29, 0.717) is 5.41 Å². The summed E-state index contributed by atoms with van der Waals surface area (Å²) in [4.78, 5) is 0. The van der Waals surface area contributed by atoms with E-state index in [-0.39, 0.29) is 0 Å². The molecule has 0 radical (unpaired) electrons. The molecule has 2 aliphatic carbocycles. The van der Waals surface area contributed by atoms with Gasteiger partial charge in [-0.05, 0) is 49.9 Å². The predicted molar refractivity (Wildman–Crippen MR) is 76.7 cm³/mol. The van der Waals surface area contributed by atoms with Crippen molar-refractivity contribution in [2.75, 3.05) is 13.1 Å². The van der Waals surface area contributed by atoms with E-state index in [0.717, 1.165) is 18.0 Å². The third-order valence-electron chi connectivity index (χ3n) is 5.75. The summed E-state index contributed by atoms with van der Waals surface area (Å²) in [6.07, 6.45) is 13.0. The summed E-state index contributed by atoms with van der Waals surface area (Å²) in [5.74, 6) is 0.999. The quantitative estimate of drug-likeness (QED) is 0.801. The fourth-order valence-corrected chi connectivity index (χ4v) is 4.24. The van der Waals surface area contributed by atoms with Crippen molar-refractivity contribution in [2.24, 2.45) is 11.3 Å². The molecule has 0 bridgehead atoms. The molecule has 1 saturated heterocycles. The van der Waals surface area contributed by atoms with Crippen LogP contribution >= 0.6 is 0 Å². The molecule has 1 heterocycles. The summed E-state index contributed by atoms with van der Waals surface area (Å²) >= 11 is 0. The van der Waals surface area contributed by atoms with Crippen molar-refractivity contribution in [1.29, 1.82) is 0 Å². The number of piperidine rings is 1. The predicted octanol–water partition coefficient (Wildman–Crippen LogP) is 3.08. The Hall–Kier alpha value is -0.0800. The van der Waals surface area contributed by atoms with Crippen LogP contribution in [0.1, 0.15) is 64.7 Å². The molecule has 0 aromatic carbocycles. The van der Waals surface area contributed by atoms with Gasteiger partial charge in [0.25, 0.3) is 0 Å². The van der Waals surface area contributed by atoms with Gasteiger partial charge in [0, 0.05) is 25.2 Å². The average Bonchev–Trinajstić information content (AvgIpc) is 2.37. The molecule has 0 amide bonds. The van der Waals surface area contributed by atoms with Gasteiger partial charge in [0.1, 0.15) is 0 Å². The topological polar surface area (TPSA) is 24.1 Å². The van der Waals surface area contributed by atoms with Crippen LogP contribution in [0.15, 0.2) is 0 Å². The molecule has 0 aromatic heterocycles. The highest BCUT2D eigenvalue weighted by molar-refractivity contribution is 4.91. The first-order chi connectivity index (χ1) is 8.75. The number of nitrogens with one attached hydrogen (secondary N) is 2. The minimum atomic E-state index is 0.627. The van der Waals surface area contributed by atoms with Crippen molar-refractivity contribution in [1.82, 2.24) is 10.6 Å². The van der Waals surface area contributed by atoms with E-state index < -0.39 is 0 Å². The molecule has 1 aliphatic heterocycles. The summed E-state index contributed by atoms with van der Waals surface area (Å²) in [5, 5.41) is 7.65. The monoisotopic (exact) mass is 250 g/mol. The third kappa shape index (κ3) is 2.91. The fourth-order valence-electron chi connectivity index (χ4n) is 4.24. The van der Waals surface area contributed by atoms with Gasteiger partial charge in [-0.15, -0.1) is 0 Å².